The van der Waals surface area contributed by atoms with Crippen molar-refractivity contribution in [3.05, 3.63) is 0 Å². The minimum absolute atomic E-state index is 0. The molecule has 0 rings (SSSR count). The van der Waals surface area contributed by atoms with Crippen molar-refractivity contribution in [3.63, 3.8) is 0 Å². The number of rotatable bonds is 12. The highest BCUT2D eigenvalue weighted by molar-refractivity contribution is 7.79. The second-order valence-corrected chi connectivity index (χ2v) is 6.87. The van der Waals surface area contributed by atoms with Crippen molar-refractivity contribution in [1.29, 1.82) is 0 Å². The first-order valence-electron chi connectivity index (χ1n) is 12.0. The molecule has 0 amide bonds. The number of carboxylic acid groups (broad SMARTS) is 4. The smallest absolute Gasteiger partial charge is 0.450 e. The van der Waals surface area contributed by atoms with Crippen molar-refractivity contribution in [2.75, 3.05) is 121 Å². The monoisotopic (exact) mass is 673 g/mol. The van der Waals surface area contributed by atoms with Crippen LogP contribution in [0, 0.1) is 0 Å². The molecule has 0 aliphatic rings. The zero-order valence-electron chi connectivity index (χ0n) is 26.9. The third-order valence-corrected chi connectivity index (χ3v) is 2.17. The van der Waals surface area contributed by atoms with Crippen LogP contribution in [0.25, 0.3) is 0 Å². The summed E-state index contributed by atoms with van der Waals surface area (Å²) in [5.41, 5.74) is 0. The summed E-state index contributed by atoms with van der Waals surface area (Å²) in [6.07, 6.45) is -3.67. The number of carbonyl (C=O) groups is 2. The van der Waals surface area contributed by atoms with Crippen LogP contribution < -0.4 is 31.9 Å². The second-order valence-electron chi connectivity index (χ2n) is 5.98. The molecule has 0 unspecified atom stereocenters. The summed E-state index contributed by atoms with van der Waals surface area (Å²) >= 11 is 0. The van der Waals surface area contributed by atoms with Gasteiger partial charge < -0.3 is 83.0 Å². The summed E-state index contributed by atoms with van der Waals surface area (Å²) in [7, 11) is 6.14. The molecule has 0 spiro atoms. The van der Waals surface area contributed by atoms with E-state index in [-0.39, 0.29) is 41.1 Å². The minimum atomic E-state index is -4.67. The van der Waals surface area contributed by atoms with Crippen molar-refractivity contribution in [3.8, 4) is 0 Å². The van der Waals surface area contributed by atoms with E-state index in [4.69, 9.17) is 78.2 Å². The molecule has 0 radical (unpaired) electrons. The lowest BCUT2D eigenvalue weighted by Crippen LogP contribution is -2.10. The van der Waals surface area contributed by atoms with Crippen LogP contribution in [0.3, 0.4) is 0 Å². The molecule has 0 saturated carbocycles. The highest BCUT2D eigenvalue weighted by Crippen LogP contribution is 1.59. The van der Waals surface area contributed by atoms with Crippen LogP contribution in [0.15, 0.2) is 0 Å². The maximum atomic E-state index is 8.74. The van der Waals surface area contributed by atoms with Gasteiger partial charge >= 0.3 is 24.1 Å². The molecule has 0 aromatic carbocycles. The lowest BCUT2D eigenvalue weighted by Gasteiger charge is -1.84. The lowest BCUT2D eigenvalue weighted by atomic mass is 10.7. The summed E-state index contributed by atoms with van der Waals surface area (Å²) in [6, 6.07) is 0. The van der Waals surface area contributed by atoms with Gasteiger partial charge in [-0.3, -0.25) is 9.11 Å². The number of hydrogen-bond acceptors (Lipinski definition) is 16. The molecule has 0 bridgehead atoms. The molecule has 0 heterocycles. The number of aliphatic hydroxyl groups is 6. The van der Waals surface area contributed by atoms with E-state index in [1.54, 1.807) is 42.3 Å². The van der Waals surface area contributed by atoms with Crippen molar-refractivity contribution >= 4 is 22.7 Å². The topological polar surface area (TPSA) is 383 Å². The Morgan fingerprint density at radius 2 is 0.512 bits per heavy atom. The van der Waals surface area contributed by atoms with Crippen LogP contribution in [0.2, 0.25) is 0 Å². The highest BCUT2D eigenvalue weighted by atomic mass is 32.3. The largest absolute Gasteiger partial charge is 1.00 e. The predicted molar refractivity (Wildman–Crippen MR) is 163 cm³/mol. The van der Waals surface area contributed by atoms with Crippen molar-refractivity contribution in [1.82, 2.24) is 31.9 Å². The van der Waals surface area contributed by atoms with E-state index in [9.17, 15) is 0 Å². The second kappa shape index (κ2) is 77.6. The fourth-order valence-electron chi connectivity index (χ4n) is 0.671. The number of likely N-dealkylation sites (N-methyl/N-ethyl adjacent to an activating group) is 6. The first-order valence-corrected chi connectivity index (χ1v) is 13.4. The van der Waals surface area contributed by atoms with Gasteiger partial charge in [-0.2, -0.15) is 8.42 Å². The van der Waals surface area contributed by atoms with Crippen molar-refractivity contribution in [2.45, 2.75) is 0 Å². The van der Waals surface area contributed by atoms with E-state index in [1.165, 1.54) is 0 Å². The summed E-state index contributed by atoms with van der Waals surface area (Å²) in [4.78, 5) is 17.1. The first kappa shape index (κ1) is 64.0. The Labute approximate surface area is 255 Å². The summed E-state index contributed by atoms with van der Waals surface area (Å²) in [5, 5.41) is 92.5. The zero-order valence-corrected chi connectivity index (χ0v) is 26.7. The Morgan fingerprint density at radius 3 is 0.512 bits per heavy atom. The van der Waals surface area contributed by atoms with E-state index in [0.29, 0.717) is 39.3 Å². The van der Waals surface area contributed by atoms with E-state index in [2.05, 4.69) is 31.9 Å². The van der Waals surface area contributed by atoms with Crippen LogP contribution in [-0.4, -0.2) is 202 Å². The molecule has 0 aliphatic carbocycles. The molecule has 0 fully saturated rings. The fourth-order valence-corrected chi connectivity index (χ4v) is 0.671. The van der Waals surface area contributed by atoms with Crippen LogP contribution in [0.1, 0.15) is 1.43 Å². The maximum Gasteiger partial charge on any atom is 1.00 e. The van der Waals surface area contributed by atoms with Gasteiger partial charge in [-0.05, 0) is 42.3 Å². The van der Waals surface area contributed by atoms with Gasteiger partial charge in [0.1, 0.15) is 0 Å². The Hall–Kier alpha value is -2.07. The number of nitrogens with one attached hydrogen (secondary N) is 6. The van der Waals surface area contributed by atoms with Crippen LogP contribution in [0.4, 0.5) is 9.59 Å². The van der Waals surface area contributed by atoms with Crippen LogP contribution >= 0.6 is 0 Å². The first-order chi connectivity index (χ1) is 19.9. The third-order valence-electron chi connectivity index (χ3n) is 2.17. The van der Waals surface area contributed by atoms with Gasteiger partial charge in [0, 0.05) is 39.3 Å². The lowest BCUT2D eigenvalue weighted by molar-refractivity contribution is 0.135. The molecule has 0 saturated heterocycles. The van der Waals surface area contributed by atoms with E-state index in [0.717, 1.165) is 0 Å². The average Bonchev–Trinajstić information content (AvgIpc) is 2.87. The molecular weight excluding hydrogens is 612 g/mol. The highest BCUT2D eigenvalue weighted by Gasteiger charge is 1.84. The molecule has 0 atom stereocenters. The Bertz CT molecular complexity index is 448. The molecule has 43 heavy (non-hydrogen) atoms. The zero-order chi connectivity index (χ0) is 36.4. The molecule has 23 heteroatoms. The van der Waals surface area contributed by atoms with Gasteiger partial charge in [-0.1, -0.05) is 0 Å². The quantitative estimate of drug-likeness (QED) is 0.0862. The van der Waals surface area contributed by atoms with Gasteiger partial charge in [0.2, 0.25) is 0 Å². The van der Waals surface area contributed by atoms with E-state index < -0.39 is 22.7 Å². The van der Waals surface area contributed by atoms with Gasteiger partial charge in [0.15, 0.2) is 0 Å². The molecule has 0 aromatic rings. The van der Waals surface area contributed by atoms with Gasteiger partial charge in [-0.25, -0.2) is 9.59 Å². The predicted octanol–water partition coefficient (Wildman–Crippen LogP) is -4.91. The van der Waals surface area contributed by atoms with Crippen molar-refractivity contribution < 1.29 is 79.6 Å². The third kappa shape index (κ3) is 583. The molecule has 18 N–H and O–H groups in total. The molecule has 272 valence electrons. The molecule has 22 nitrogen and oxygen atoms in total. The Morgan fingerprint density at radius 1 is 0.442 bits per heavy atom. The number of aliphatic hydroxyl groups excluding tert-OH is 6. The fraction of sp³-hybridized carbons (Fsp3) is 0.900. The van der Waals surface area contributed by atoms with Crippen LogP contribution in [-0.2, 0) is 10.4 Å². The standard InChI is InChI=1S/6C3H9NO.2CH2O3.H2O4S/c6*1-4-2-3-5;2*2-1(3)4;1-5(2,3)4/h6*4-5H,2-3H2,1H3;2*(H2,2,3,4);(H2,1,2,3,4)/p+1. The van der Waals surface area contributed by atoms with Crippen LogP contribution in [0.5, 0.6) is 0 Å². The Kier molecular flexibility index (Phi) is 115. The molecular formula is C20H61N6O16S+. The normalized spacial score (nSPS) is 8.33. The number of hydrogen-bond donors (Lipinski definition) is 18. The summed E-state index contributed by atoms with van der Waals surface area (Å²) in [5.74, 6) is 0. The SMILES string of the molecule is CNCCO.CNCCO.CNCCO.CNCCO.CNCCO.CNCCO.O=C(O)O.O=C(O)O.O=S(=O)(O)O.[H+]. The molecule has 0 aliphatic heterocycles. The summed E-state index contributed by atoms with van der Waals surface area (Å²) in [6.45, 7) is 5.56. The van der Waals surface area contributed by atoms with E-state index in [1.807, 2.05) is 0 Å². The molecule has 0 aromatic heterocycles. The maximum absolute atomic E-state index is 8.74. The van der Waals surface area contributed by atoms with Gasteiger partial charge in [0.05, 0.1) is 39.6 Å². The van der Waals surface area contributed by atoms with E-state index >= 15 is 0 Å². The minimum Gasteiger partial charge on any atom is -0.450 e. The van der Waals surface area contributed by atoms with Crippen molar-refractivity contribution in [2.24, 2.45) is 0 Å². The van der Waals surface area contributed by atoms with Gasteiger partial charge in [0.25, 0.3) is 0 Å². The summed E-state index contributed by atoms with van der Waals surface area (Å²) < 4.78 is 31.6. The average molecular weight is 674 g/mol. The Balaban J connectivity index is -0.0000000369. The van der Waals surface area contributed by atoms with Gasteiger partial charge in [-0.15, -0.1) is 0 Å².